The molecule has 11 heteroatoms. The molecule has 38 heavy (non-hydrogen) atoms. The lowest BCUT2D eigenvalue weighted by molar-refractivity contribution is 0.0985. The molecule has 0 spiro atoms. The molecule has 3 heterocycles. The van der Waals surface area contributed by atoms with Gasteiger partial charge in [-0.1, -0.05) is 12.1 Å². The highest BCUT2D eigenvalue weighted by Gasteiger charge is 2.33. The molecule has 196 valence electrons. The van der Waals surface area contributed by atoms with Gasteiger partial charge in [0.05, 0.1) is 46.3 Å². The maximum absolute atomic E-state index is 13.6. The first kappa shape index (κ1) is 25.7. The number of aromatic nitrogens is 3. The molecule has 0 saturated carbocycles. The number of benzene rings is 2. The van der Waals surface area contributed by atoms with Crippen LogP contribution in [0.2, 0.25) is 0 Å². The Bertz CT molecular complexity index is 1540. The number of hydrogen-bond donors (Lipinski definition) is 3. The van der Waals surface area contributed by atoms with Crippen LogP contribution in [0.25, 0.3) is 21.6 Å². The first-order valence-corrected chi connectivity index (χ1v) is 13.0. The van der Waals surface area contributed by atoms with Crippen LogP contribution in [0.1, 0.15) is 37.8 Å². The number of aryl methyl sites for hydroxylation is 1. The second-order valence-corrected chi connectivity index (χ2v) is 10.5. The van der Waals surface area contributed by atoms with Crippen molar-refractivity contribution < 1.29 is 19.4 Å². The predicted octanol–water partition coefficient (Wildman–Crippen LogP) is 2.49. The van der Waals surface area contributed by atoms with E-state index >= 15 is 0 Å². The summed E-state index contributed by atoms with van der Waals surface area (Å²) in [6, 6.07) is 10.1. The van der Waals surface area contributed by atoms with Crippen molar-refractivity contribution in [2.75, 3.05) is 25.2 Å². The Morgan fingerprint density at radius 3 is 2.76 bits per heavy atom. The van der Waals surface area contributed by atoms with Crippen molar-refractivity contribution in [2.45, 2.75) is 31.8 Å². The number of carbonyl (C=O) groups is 2. The summed E-state index contributed by atoms with van der Waals surface area (Å²) in [4.78, 5) is 41.3. The zero-order valence-electron chi connectivity index (χ0n) is 21.0. The van der Waals surface area contributed by atoms with Crippen molar-refractivity contribution in [3.63, 3.8) is 0 Å². The van der Waals surface area contributed by atoms with Crippen LogP contribution >= 0.6 is 11.3 Å². The lowest BCUT2D eigenvalue weighted by Crippen LogP contribution is -2.34. The number of amides is 1. The van der Waals surface area contributed by atoms with E-state index in [0.29, 0.717) is 24.3 Å². The summed E-state index contributed by atoms with van der Waals surface area (Å²) < 4.78 is 6.42. The van der Waals surface area contributed by atoms with Gasteiger partial charge in [-0.05, 0) is 43.2 Å². The zero-order valence-corrected chi connectivity index (χ0v) is 21.9. The first-order chi connectivity index (χ1) is 18.3. The van der Waals surface area contributed by atoms with E-state index in [2.05, 4.69) is 14.9 Å². The number of ether oxygens (including phenoxy) is 1. The van der Waals surface area contributed by atoms with E-state index in [1.807, 2.05) is 19.1 Å². The number of anilines is 1. The summed E-state index contributed by atoms with van der Waals surface area (Å²) in [5.41, 5.74) is 14.9. The summed E-state index contributed by atoms with van der Waals surface area (Å²) in [7, 11) is 1.47. The highest BCUT2D eigenvalue weighted by molar-refractivity contribution is 7.18. The van der Waals surface area contributed by atoms with Gasteiger partial charge in [-0.15, -0.1) is 11.3 Å². The van der Waals surface area contributed by atoms with Gasteiger partial charge in [0.2, 0.25) is 5.91 Å². The summed E-state index contributed by atoms with van der Waals surface area (Å²) in [6.07, 6.45) is 2.18. The van der Waals surface area contributed by atoms with E-state index in [1.54, 1.807) is 35.6 Å². The molecule has 2 aromatic heterocycles. The fraction of sp³-hybridized carbons (Fsp3) is 0.296. The minimum absolute atomic E-state index is 0.0447. The maximum atomic E-state index is 13.6. The number of primary amides is 1. The molecular formula is C27H28N6O4S. The number of nitrogens with two attached hydrogens (primary N) is 2. The van der Waals surface area contributed by atoms with Crippen LogP contribution < -0.4 is 21.1 Å². The molecule has 2 atom stereocenters. The summed E-state index contributed by atoms with van der Waals surface area (Å²) in [5.74, 6) is -0.351. The molecule has 0 radical (unpaired) electrons. The molecule has 0 unspecified atom stereocenters. The van der Waals surface area contributed by atoms with Crippen LogP contribution in [-0.2, 0) is 6.42 Å². The second-order valence-electron chi connectivity index (χ2n) is 9.25. The van der Waals surface area contributed by atoms with E-state index in [0.717, 1.165) is 26.5 Å². The number of fused-ring (bicyclic) bond motifs is 1. The van der Waals surface area contributed by atoms with Crippen LogP contribution in [0, 0.1) is 6.92 Å². The molecule has 1 aliphatic heterocycles. The molecule has 0 aliphatic carbocycles. The van der Waals surface area contributed by atoms with Gasteiger partial charge in [0, 0.05) is 25.2 Å². The van der Waals surface area contributed by atoms with E-state index < -0.39 is 5.91 Å². The normalized spacial score (nSPS) is 17.2. The van der Waals surface area contributed by atoms with Gasteiger partial charge in [0.25, 0.3) is 0 Å². The number of thiazole rings is 1. The third kappa shape index (κ3) is 4.71. The first-order valence-electron chi connectivity index (χ1n) is 12.2. The Morgan fingerprint density at radius 1 is 1.21 bits per heavy atom. The third-order valence-corrected chi connectivity index (χ3v) is 7.63. The van der Waals surface area contributed by atoms with Crippen LogP contribution in [0.4, 0.5) is 5.69 Å². The SMILES string of the molecule is COc1cccc(C(N)=O)c1-c1nccc(C(=O)Cc2ccc3sc(C)nc3c2N2C[C@H](N)C[C@H]2CO)n1. The lowest BCUT2D eigenvalue weighted by Gasteiger charge is -2.28. The smallest absolute Gasteiger partial charge is 0.249 e. The van der Waals surface area contributed by atoms with Gasteiger partial charge in [0.15, 0.2) is 11.6 Å². The summed E-state index contributed by atoms with van der Waals surface area (Å²) in [5, 5.41) is 11.0. The summed E-state index contributed by atoms with van der Waals surface area (Å²) in [6.45, 7) is 2.46. The number of aliphatic hydroxyl groups excluding tert-OH is 1. The van der Waals surface area contributed by atoms with E-state index in [1.165, 1.54) is 13.3 Å². The van der Waals surface area contributed by atoms with E-state index in [-0.39, 0.29) is 48.0 Å². The van der Waals surface area contributed by atoms with E-state index in [9.17, 15) is 14.7 Å². The molecule has 4 aromatic rings. The molecule has 2 aromatic carbocycles. The number of ketones is 1. The topological polar surface area (TPSA) is 158 Å². The van der Waals surface area contributed by atoms with Gasteiger partial charge < -0.3 is 26.2 Å². The quantitative estimate of drug-likeness (QED) is 0.290. The van der Waals surface area contributed by atoms with Gasteiger partial charge in [-0.3, -0.25) is 9.59 Å². The lowest BCUT2D eigenvalue weighted by atomic mass is 10.0. The Labute approximate surface area is 223 Å². The molecule has 1 aliphatic rings. The van der Waals surface area contributed by atoms with Crippen LogP contribution in [0.5, 0.6) is 5.75 Å². The minimum Gasteiger partial charge on any atom is -0.496 e. The molecule has 1 saturated heterocycles. The van der Waals surface area contributed by atoms with Crippen LogP contribution in [-0.4, -0.2) is 64.1 Å². The fourth-order valence-corrected chi connectivity index (χ4v) is 5.86. The van der Waals surface area contributed by atoms with Gasteiger partial charge in [-0.2, -0.15) is 0 Å². The second kappa shape index (κ2) is 10.4. The van der Waals surface area contributed by atoms with Gasteiger partial charge in [-0.25, -0.2) is 15.0 Å². The largest absolute Gasteiger partial charge is 0.496 e. The van der Waals surface area contributed by atoms with Crippen molar-refractivity contribution in [3.8, 4) is 17.1 Å². The molecule has 1 fully saturated rings. The van der Waals surface area contributed by atoms with E-state index in [4.69, 9.17) is 21.2 Å². The molecule has 5 rings (SSSR count). The maximum Gasteiger partial charge on any atom is 0.249 e. The Kier molecular flexibility index (Phi) is 7.06. The molecule has 5 N–H and O–H groups in total. The Balaban J connectivity index is 1.55. The van der Waals surface area contributed by atoms with Crippen molar-refractivity contribution in [1.82, 2.24) is 15.0 Å². The average Bonchev–Trinajstić information content (AvgIpc) is 3.48. The Hall–Kier alpha value is -3.93. The molecule has 1 amide bonds. The predicted molar refractivity (Wildman–Crippen MR) is 146 cm³/mol. The Morgan fingerprint density at radius 2 is 2.03 bits per heavy atom. The highest BCUT2D eigenvalue weighted by Crippen LogP contribution is 2.38. The molecule has 0 bridgehead atoms. The van der Waals surface area contributed by atoms with Gasteiger partial charge >= 0.3 is 0 Å². The number of rotatable bonds is 8. The highest BCUT2D eigenvalue weighted by atomic mass is 32.1. The van der Waals surface area contributed by atoms with Crippen molar-refractivity contribution in [2.24, 2.45) is 11.5 Å². The average molecular weight is 533 g/mol. The number of Topliss-reactive ketones (excluding diaryl/α,β-unsaturated/α-hetero) is 1. The van der Waals surface area contributed by atoms with Crippen LogP contribution in [0.15, 0.2) is 42.6 Å². The number of aliphatic hydroxyl groups is 1. The third-order valence-electron chi connectivity index (χ3n) is 6.70. The summed E-state index contributed by atoms with van der Waals surface area (Å²) >= 11 is 1.58. The van der Waals surface area contributed by atoms with Crippen molar-refractivity contribution in [3.05, 3.63) is 64.4 Å². The molecule has 10 nitrogen and oxygen atoms in total. The number of nitrogens with zero attached hydrogens (tertiary/aromatic N) is 4. The monoisotopic (exact) mass is 532 g/mol. The van der Waals surface area contributed by atoms with Crippen molar-refractivity contribution >= 4 is 38.9 Å². The minimum atomic E-state index is -0.655. The number of methoxy groups -OCH3 is 1. The number of carbonyl (C=O) groups excluding carboxylic acids is 2. The standard InChI is InChI=1S/C27H28N6O4S/c1-14-31-24-22(38-14)7-6-15(25(24)33-12-16(28)11-17(33)13-34)10-20(35)19-8-9-30-27(32-19)23-18(26(29)36)4-3-5-21(23)37-2/h3-9,16-17,34H,10-13,28H2,1-2H3,(H2,29,36)/t16-,17+/m1/s1. The zero-order chi connectivity index (χ0) is 27.0. The van der Waals surface area contributed by atoms with Crippen LogP contribution in [0.3, 0.4) is 0 Å². The van der Waals surface area contributed by atoms with Gasteiger partial charge in [0.1, 0.15) is 17.0 Å². The fourth-order valence-electron chi connectivity index (χ4n) is 5.03. The molecular weight excluding hydrogens is 504 g/mol. The number of hydrogen-bond acceptors (Lipinski definition) is 10. The van der Waals surface area contributed by atoms with Crippen molar-refractivity contribution in [1.29, 1.82) is 0 Å².